The Morgan fingerprint density at radius 2 is 1.92 bits per heavy atom. The molecule has 206 valence electrons. The Bertz CT molecular complexity index is 1070. The van der Waals surface area contributed by atoms with Gasteiger partial charge in [0.25, 0.3) is 5.91 Å². The van der Waals surface area contributed by atoms with Gasteiger partial charge in [0, 0.05) is 40.5 Å². The van der Waals surface area contributed by atoms with Gasteiger partial charge in [-0.1, -0.05) is 59.1 Å². The van der Waals surface area contributed by atoms with E-state index in [9.17, 15) is 14.4 Å². The average Bonchev–Trinajstić information content (AvgIpc) is 3.49. The summed E-state index contributed by atoms with van der Waals surface area (Å²) in [5.74, 6) is -2.03. The van der Waals surface area contributed by atoms with Crippen molar-refractivity contribution in [1.29, 1.82) is 0 Å². The Morgan fingerprint density at radius 1 is 1.21 bits per heavy atom. The van der Waals surface area contributed by atoms with E-state index in [4.69, 9.17) is 21.4 Å². The third-order valence-corrected chi connectivity index (χ3v) is 11.1. The maximum Gasteiger partial charge on any atom is 0.311 e. The number of hydrogen-bond donors (Lipinski definition) is 1. The highest BCUT2D eigenvalue weighted by Gasteiger charge is 2.76. The van der Waals surface area contributed by atoms with Crippen molar-refractivity contribution in [3.8, 4) is 0 Å². The van der Waals surface area contributed by atoms with E-state index in [1.54, 1.807) is 51.9 Å². The van der Waals surface area contributed by atoms with Crippen LogP contribution in [0.4, 0.5) is 5.69 Å². The van der Waals surface area contributed by atoms with Gasteiger partial charge >= 0.3 is 5.97 Å². The Kier molecular flexibility index (Phi) is 9.66. The molecule has 3 saturated heterocycles. The Hall–Kier alpha value is -1.81. The number of thioether (sulfide) groups is 1. The number of likely N-dealkylation sites (tertiary alicyclic amines) is 1. The van der Waals surface area contributed by atoms with E-state index < -0.39 is 28.6 Å². The minimum atomic E-state index is -0.748. The lowest BCUT2D eigenvalue weighted by molar-refractivity contribution is -0.153. The fraction of sp³-hybridized carbons (Fsp3) is 0.536. The Labute approximate surface area is 241 Å². The van der Waals surface area contributed by atoms with Gasteiger partial charge in [-0.25, -0.2) is 0 Å². The summed E-state index contributed by atoms with van der Waals surface area (Å²) in [7, 11) is 0. The smallest absolute Gasteiger partial charge is 0.311 e. The molecular formula is C28H34BrClN2O5S. The molecule has 4 rings (SSSR count). The second-order valence-electron chi connectivity index (χ2n) is 9.97. The number of benzene rings is 1. The summed E-state index contributed by atoms with van der Waals surface area (Å²) in [6.45, 7) is 8.37. The molecule has 3 aliphatic rings. The third kappa shape index (κ3) is 5.31. The summed E-state index contributed by atoms with van der Waals surface area (Å²) >= 11 is 11.5. The molecular weight excluding hydrogens is 592 g/mol. The molecule has 3 aliphatic heterocycles. The van der Waals surface area contributed by atoms with Crippen molar-refractivity contribution in [2.75, 3.05) is 31.2 Å². The minimum absolute atomic E-state index is 0.0268. The van der Waals surface area contributed by atoms with Crippen LogP contribution in [0, 0.1) is 11.8 Å². The highest BCUT2D eigenvalue weighted by Crippen LogP contribution is 2.68. The van der Waals surface area contributed by atoms with Gasteiger partial charge in [-0.2, -0.15) is 0 Å². The van der Waals surface area contributed by atoms with Crippen molar-refractivity contribution >= 4 is 62.8 Å². The normalized spacial score (nSPS) is 29.3. The van der Waals surface area contributed by atoms with Crippen molar-refractivity contribution in [1.82, 2.24) is 4.90 Å². The summed E-state index contributed by atoms with van der Waals surface area (Å²) in [4.78, 5) is 45.1. The highest BCUT2D eigenvalue weighted by molar-refractivity contribution is 9.09. The fourth-order valence-electron chi connectivity index (χ4n) is 6.12. The number of alkyl halides is 1. The van der Waals surface area contributed by atoms with Crippen molar-refractivity contribution in [3.63, 3.8) is 0 Å². The number of aliphatic hydroxyl groups excluding tert-OH is 1. The van der Waals surface area contributed by atoms with Crippen LogP contribution in [0.3, 0.4) is 0 Å². The molecule has 3 fully saturated rings. The first-order valence-electron chi connectivity index (χ1n) is 13.0. The number of carbonyl (C=O) groups is 3. The molecule has 0 radical (unpaired) electrons. The van der Waals surface area contributed by atoms with Crippen LogP contribution in [0.15, 0.2) is 49.6 Å². The van der Waals surface area contributed by atoms with Gasteiger partial charge in [-0.15, -0.1) is 18.3 Å². The summed E-state index contributed by atoms with van der Waals surface area (Å²) in [5.41, 5.74) is 0.671. The molecule has 1 N–H and O–H groups in total. The predicted molar refractivity (Wildman–Crippen MR) is 155 cm³/mol. The first kappa shape index (κ1) is 29.2. The van der Waals surface area contributed by atoms with Gasteiger partial charge in [-0.05, 0) is 43.5 Å². The third-order valence-electron chi connectivity index (χ3n) is 7.66. The number of ether oxygens (including phenoxy) is 1. The number of anilines is 1. The molecule has 0 saturated carbocycles. The number of fused-ring (bicyclic) bond motifs is 1. The van der Waals surface area contributed by atoms with E-state index in [2.05, 4.69) is 29.1 Å². The van der Waals surface area contributed by atoms with Gasteiger partial charge in [0.2, 0.25) is 5.91 Å². The van der Waals surface area contributed by atoms with Crippen LogP contribution >= 0.6 is 39.3 Å². The van der Waals surface area contributed by atoms with Crippen LogP contribution in [0.25, 0.3) is 0 Å². The lowest BCUT2D eigenvalue weighted by atomic mass is 9.71. The first-order valence-corrected chi connectivity index (χ1v) is 15.2. The van der Waals surface area contributed by atoms with Crippen molar-refractivity contribution in [3.05, 3.63) is 54.6 Å². The van der Waals surface area contributed by atoms with Crippen molar-refractivity contribution < 1.29 is 24.2 Å². The first-order chi connectivity index (χ1) is 18.3. The Balaban J connectivity index is 1.72. The van der Waals surface area contributed by atoms with Crippen LogP contribution in [-0.4, -0.2) is 75.0 Å². The molecule has 3 heterocycles. The van der Waals surface area contributed by atoms with E-state index in [-0.39, 0.29) is 41.6 Å². The number of carbonyl (C=O) groups excluding carboxylic acids is 3. The lowest BCUT2D eigenvalue weighted by Crippen LogP contribution is -2.55. The largest absolute Gasteiger partial charge is 0.461 e. The maximum atomic E-state index is 14.5. The van der Waals surface area contributed by atoms with Gasteiger partial charge in [-0.3, -0.25) is 14.4 Å². The van der Waals surface area contributed by atoms with Crippen molar-refractivity contribution in [2.24, 2.45) is 11.8 Å². The fourth-order valence-corrected chi connectivity index (χ4v) is 9.84. The van der Waals surface area contributed by atoms with Crippen LogP contribution in [0.2, 0.25) is 5.02 Å². The molecule has 2 bridgehead atoms. The van der Waals surface area contributed by atoms with E-state index in [1.165, 1.54) is 6.08 Å². The van der Waals surface area contributed by atoms with E-state index in [0.29, 0.717) is 36.5 Å². The van der Waals surface area contributed by atoms with Gasteiger partial charge in [0.1, 0.15) is 12.6 Å². The predicted octanol–water partition coefficient (Wildman–Crippen LogP) is 4.61. The number of esters is 1. The zero-order chi connectivity index (χ0) is 27.4. The van der Waals surface area contributed by atoms with Crippen LogP contribution in [0.1, 0.15) is 32.1 Å². The zero-order valence-electron chi connectivity index (χ0n) is 21.3. The minimum Gasteiger partial charge on any atom is -0.461 e. The molecule has 1 aromatic carbocycles. The molecule has 2 amide bonds. The molecule has 0 aromatic heterocycles. The van der Waals surface area contributed by atoms with Crippen LogP contribution in [0.5, 0.6) is 0 Å². The summed E-state index contributed by atoms with van der Waals surface area (Å²) in [5, 5.41) is 9.53. The Morgan fingerprint density at radius 3 is 2.58 bits per heavy atom. The van der Waals surface area contributed by atoms with Gasteiger partial charge in [0.15, 0.2) is 0 Å². The van der Waals surface area contributed by atoms with Crippen LogP contribution in [-0.2, 0) is 19.1 Å². The number of halogens is 2. The van der Waals surface area contributed by atoms with Gasteiger partial charge in [0.05, 0.1) is 16.6 Å². The second-order valence-corrected chi connectivity index (χ2v) is 13.1. The van der Waals surface area contributed by atoms with E-state index in [1.807, 2.05) is 0 Å². The number of unbranched alkanes of at least 4 members (excludes halogenated alkanes) is 3. The van der Waals surface area contributed by atoms with E-state index >= 15 is 0 Å². The quantitative estimate of drug-likeness (QED) is 0.149. The molecule has 1 spiro atoms. The number of aliphatic hydroxyl groups is 1. The molecule has 1 aromatic rings. The van der Waals surface area contributed by atoms with Gasteiger partial charge < -0.3 is 19.6 Å². The number of rotatable bonds is 13. The number of amides is 2. The number of nitrogens with zero attached hydrogens (tertiary/aromatic N) is 2. The maximum absolute atomic E-state index is 14.5. The molecule has 7 nitrogen and oxygen atoms in total. The topological polar surface area (TPSA) is 87.2 Å². The number of hydrogen-bond acceptors (Lipinski definition) is 6. The zero-order valence-corrected chi connectivity index (χ0v) is 24.4. The summed E-state index contributed by atoms with van der Waals surface area (Å²) in [6.07, 6.45) is 6.86. The summed E-state index contributed by atoms with van der Waals surface area (Å²) in [6, 6.07) is 6.31. The molecule has 3 unspecified atom stereocenters. The van der Waals surface area contributed by atoms with E-state index in [0.717, 1.165) is 12.8 Å². The SMILES string of the molecule is C=CCOC(=O)[C@H]1[C@@H]2SC3(CC2Br)C(C(=O)N(CC=C)c2ccc(Cl)cc2)N(CCCCCCO)C(=O)[C@H]13. The highest BCUT2D eigenvalue weighted by atomic mass is 79.9. The molecule has 6 atom stereocenters. The molecule has 0 aliphatic carbocycles. The van der Waals surface area contributed by atoms with Crippen LogP contribution < -0.4 is 4.90 Å². The second kappa shape index (κ2) is 12.6. The standard InChI is InChI=1S/C28H34BrClN2O5S/c1-3-13-31(19-11-9-18(30)10-12-19)26(35)24-28-17-20(29)23(38-28)21(27(36)37-16-4-2)22(28)25(34)32(24)14-7-5-6-8-15-33/h3-4,9-12,20-24,33H,1-2,5-8,13-17H2/t20?,21-,22+,23-,24?,28?/m1/s1. The lowest BCUT2D eigenvalue weighted by Gasteiger charge is -2.37. The monoisotopic (exact) mass is 624 g/mol. The molecule has 38 heavy (non-hydrogen) atoms. The summed E-state index contributed by atoms with van der Waals surface area (Å²) < 4.78 is 4.70. The average molecular weight is 626 g/mol. The molecule has 10 heteroatoms. The van der Waals surface area contributed by atoms with Crippen molar-refractivity contribution in [2.45, 2.75) is 53.0 Å².